The smallest absolute Gasteiger partial charge is 0.328 e. The lowest BCUT2D eigenvalue weighted by Gasteiger charge is -2.35. The van der Waals surface area contributed by atoms with Gasteiger partial charge in [0.1, 0.15) is 23.2 Å². The predicted octanol–water partition coefficient (Wildman–Crippen LogP) is 6.05. The molecule has 1 atom stereocenters. The molecular formula is C31H39NO5. The summed E-state index contributed by atoms with van der Waals surface area (Å²) in [7, 11) is 1.31. The number of carbonyl (C=O) groups is 2. The highest BCUT2D eigenvalue weighted by Crippen LogP contribution is 2.41. The molecule has 0 saturated carbocycles. The number of fused-ring (bicyclic) bond motifs is 1. The SMILES string of the molecule is C.COC(=O)[C@H](Cc1ccccc1)NC(=O)c1ccc(Cc2c(C)c(C)c3c(c2C)CCC(C)(C)O3)o1. The minimum absolute atomic E-state index is 0. The summed E-state index contributed by atoms with van der Waals surface area (Å²) in [5, 5.41) is 2.77. The van der Waals surface area contributed by atoms with Crippen molar-refractivity contribution in [3.8, 4) is 5.75 Å². The van der Waals surface area contributed by atoms with Crippen LogP contribution < -0.4 is 10.1 Å². The largest absolute Gasteiger partial charge is 0.487 e. The Morgan fingerprint density at radius 3 is 2.41 bits per heavy atom. The summed E-state index contributed by atoms with van der Waals surface area (Å²) in [6.45, 7) is 10.6. The second-order valence-electron chi connectivity index (χ2n) is 10.2. The van der Waals surface area contributed by atoms with Crippen LogP contribution in [-0.4, -0.2) is 30.6 Å². The Morgan fingerprint density at radius 1 is 1.03 bits per heavy atom. The second-order valence-corrected chi connectivity index (χ2v) is 10.2. The molecule has 0 spiro atoms. The third kappa shape index (κ3) is 6.07. The Labute approximate surface area is 220 Å². The number of hydrogen-bond donors (Lipinski definition) is 1. The van der Waals surface area contributed by atoms with Gasteiger partial charge in [-0.1, -0.05) is 37.8 Å². The van der Waals surface area contributed by atoms with Gasteiger partial charge in [0.05, 0.1) is 7.11 Å². The fourth-order valence-electron chi connectivity index (χ4n) is 4.90. The van der Waals surface area contributed by atoms with E-state index in [9.17, 15) is 9.59 Å². The number of furan rings is 1. The average molecular weight is 506 g/mol. The third-order valence-corrected chi connectivity index (χ3v) is 7.20. The number of benzene rings is 2. The lowest BCUT2D eigenvalue weighted by Crippen LogP contribution is -2.43. The summed E-state index contributed by atoms with van der Waals surface area (Å²) in [5.41, 5.74) is 6.79. The van der Waals surface area contributed by atoms with Crippen molar-refractivity contribution in [3.05, 3.63) is 87.4 Å². The number of nitrogens with one attached hydrogen (secondary N) is 1. The van der Waals surface area contributed by atoms with Crippen LogP contribution in [0.1, 0.15) is 77.4 Å². The third-order valence-electron chi connectivity index (χ3n) is 7.20. The molecule has 1 amide bonds. The lowest BCUT2D eigenvalue weighted by molar-refractivity contribution is -0.142. The molecule has 0 bridgehead atoms. The van der Waals surface area contributed by atoms with Gasteiger partial charge in [-0.2, -0.15) is 0 Å². The van der Waals surface area contributed by atoms with Crippen LogP contribution in [0.25, 0.3) is 0 Å². The highest BCUT2D eigenvalue weighted by Gasteiger charge is 2.31. The molecule has 0 unspecified atom stereocenters. The summed E-state index contributed by atoms with van der Waals surface area (Å²) < 4.78 is 17.2. The number of ether oxygens (including phenoxy) is 2. The first-order chi connectivity index (χ1) is 17.1. The first-order valence-corrected chi connectivity index (χ1v) is 12.4. The molecule has 4 rings (SSSR count). The summed E-state index contributed by atoms with van der Waals surface area (Å²) >= 11 is 0. The van der Waals surface area contributed by atoms with Crippen molar-refractivity contribution >= 4 is 11.9 Å². The van der Waals surface area contributed by atoms with Gasteiger partial charge >= 0.3 is 5.97 Å². The zero-order chi connectivity index (χ0) is 26.0. The summed E-state index contributed by atoms with van der Waals surface area (Å²) in [5.74, 6) is 0.928. The van der Waals surface area contributed by atoms with Crippen molar-refractivity contribution in [1.82, 2.24) is 5.32 Å². The van der Waals surface area contributed by atoms with Crippen LogP contribution in [0.5, 0.6) is 5.75 Å². The van der Waals surface area contributed by atoms with Crippen LogP contribution in [0, 0.1) is 20.8 Å². The van der Waals surface area contributed by atoms with Gasteiger partial charge in [0.2, 0.25) is 0 Å². The number of methoxy groups -OCH3 is 1. The summed E-state index contributed by atoms with van der Waals surface area (Å²) in [6.07, 6.45) is 2.86. The van der Waals surface area contributed by atoms with Crippen molar-refractivity contribution in [1.29, 1.82) is 0 Å². The molecule has 2 heterocycles. The van der Waals surface area contributed by atoms with E-state index in [4.69, 9.17) is 13.9 Å². The maximum atomic E-state index is 12.9. The van der Waals surface area contributed by atoms with Crippen LogP contribution in [0.3, 0.4) is 0 Å². The standard InChI is InChI=1S/C30H35NO5.CH4/c1-18-19(2)27-23(14-15-30(4,5)36-27)20(3)24(18)17-22-12-13-26(35-22)28(32)31-25(29(33)34-6)16-21-10-8-7-9-11-21;/h7-13,25H,14-17H2,1-6H3,(H,31,32);1H4/t25-;/m0./s1. The molecule has 1 N–H and O–H groups in total. The van der Waals surface area contributed by atoms with E-state index in [-0.39, 0.29) is 18.8 Å². The van der Waals surface area contributed by atoms with Crippen molar-refractivity contribution in [2.24, 2.45) is 0 Å². The Hall–Kier alpha value is -3.54. The van der Waals surface area contributed by atoms with Crippen LogP contribution in [0.15, 0.2) is 46.9 Å². The molecule has 0 fully saturated rings. The van der Waals surface area contributed by atoms with E-state index in [2.05, 4.69) is 39.9 Å². The zero-order valence-electron chi connectivity index (χ0n) is 22.0. The van der Waals surface area contributed by atoms with Gasteiger partial charge in [-0.05, 0) is 93.0 Å². The molecule has 6 heteroatoms. The number of rotatable bonds is 7. The molecule has 1 aliphatic rings. The van der Waals surface area contributed by atoms with E-state index in [0.717, 1.165) is 29.7 Å². The van der Waals surface area contributed by atoms with Crippen molar-refractivity contribution in [2.45, 2.75) is 79.4 Å². The molecule has 0 saturated heterocycles. The van der Waals surface area contributed by atoms with E-state index < -0.39 is 17.9 Å². The van der Waals surface area contributed by atoms with Crippen molar-refractivity contribution < 1.29 is 23.5 Å². The minimum atomic E-state index is -0.810. The normalized spacial score (nSPS) is 14.5. The van der Waals surface area contributed by atoms with Gasteiger partial charge in [0, 0.05) is 12.8 Å². The number of esters is 1. The molecule has 3 aromatic rings. The molecule has 2 aromatic carbocycles. The zero-order valence-corrected chi connectivity index (χ0v) is 22.0. The van der Waals surface area contributed by atoms with Crippen molar-refractivity contribution in [3.63, 3.8) is 0 Å². The van der Waals surface area contributed by atoms with Crippen LogP contribution in [0.4, 0.5) is 0 Å². The van der Waals surface area contributed by atoms with Gasteiger partial charge in [-0.3, -0.25) is 4.79 Å². The summed E-state index contributed by atoms with van der Waals surface area (Å²) in [4.78, 5) is 25.3. The number of amides is 1. The summed E-state index contributed by atoms with van der Waals surface area (Å²) in [6, 6.07) is 12.2. The Bertz CT molecular complexity index is 1270. The monoisotopic (exact) mass is 505 g/mol. The number of hydrogen-bond acceptors (Lipinski definition) is 5. The quantitative estimate of drug-likeness (QED) is 0.396. The van der Waals surface area contributed by atoms with Gasteiger partial charge in [0.25, 0.3) is 5.91 Å². The van der Waals surface area contributed by atoms with Gasteiger partial charge in [-0.15, -0.1) is 0 Å². The fourth-order valence-corrected chi connectivity index (χ4v) is 4.90. The van der Waals surface area contributed by atoms with E-state index in [1.165, 1.54) is 29.4 Å². The fraction of sp³-hybridized carbons (Fsp3) is 0.419. The van der Waals surface area contributed by atoms with E-state index in [1.807, 2.05) is 36.4 Å². The Balaban J connectivity index is 0.00000380. The van der Waals surface area contributed by atoms with E-state index in [1.54, 1.807) is 6.07 Å². The van der Waals surface area contributed by atoms with Crippen LogP contribution >= 0.6 is 0 Å². The van der Waals surface area contributed by atoms with E-state index >= 15 is 0 Å². The highest BCUT2D eigenvalue weighted by atomic mass is 16.5. The van der Waals surface area contributed by atoms with Gasteiger partial charge < -0.3 is 19.2 Å². The van der Waals surface area contributed by atoms with E-state index in [0.29, 0.717) is 18.6 Å². The van der Waals surface area contributed by atoms with Gasteiger partial charge in [-0.25, -0.2) is 4.79 Å². The molecule has 0 radical (unpaired) electrons. The molecule has 198 valence electrons. The van der Waals surface area contributed by atoms with Crippen molar-refractivity contribution in [2.75, 3.05) is 7.11 Å². The Kier molecular flexibility index (Phi) is 8.52. The van der Waals surface area contributed by atoms with Crippen LogP contribution in [-0.2, 0) is 28.8 Å². The highest BCUT2D eigenvalue weighted by molar-refractivity contribution is 5.94. The molecule has 1 aliphatic heterocycles. The maximum absolute atomic E-state index is 12.9. The molecular weight excluding hydrogens is 466 g/mol. The first kappa shape index (κ1) is 28.0. The maximum Gasteiger partial charge on any atom is 0.328 e. The Morgan fingerprint density at radius 2 is 1.73 bits per heavy atom. The first-order valence-electron chi connectivity index (χ1n) is 12.4. The predicted molar refractivity (Wildman–Crippen MR) is 145 cm³/mol. The average Bonchev–Trinajstić information content (AvgIpc) is 3.33. The molecule has 6 nitrogen and oxygen atoms in total. The molecule has 1 aromatic heterocycles. The molecule has 37 heavy (non-hydrogen) atoms. The number of carbonyl (C=O) groups excluding carboxylic acids is 2. The van der Waals surface area contributed by atoms with Crippen LogP contribution in [0.2, 0.25) is 0 Å². The lowest BCUT2D eigenvalue weighted by atomic mass is 9.84. The topological polar surface area (TPSA) is 77.8 Å². The second kappa shape index (κ2) is 11.2. The van der Waals surface area contributed by atoms with Gasteiger partial charge in [0.15, 0.2) is 5.76 Å². The minimum Gasteiger partial charge on any atom is -0.487 e. The molecule has 0 aliphatic carbocycles.